The number of likely N-dealkylation sites (tertiary alicyclic amines) is 1. The van der Waals surface area contributed by atoms with Crippen molar-refractivity contribution in [1.82, 2.24) is 19.9 Å². The zero-order valence-corrected chi connectivity index (χ0v) is 16.4. The summed E-state index contributed by atoms with van der Waals surface area (Å²) in [6.07, 6.45) is 8.87. The summed E-state index contributed by atoms with van der Waals surface area (Å²) in [5.74, 6) is 2.09. The van der Waals surface area contributed by atoms with Gasteiger partial charge in [-0.2, -0.15) is 0 Å². The van der Waals surface area contributed by atoms with Crippen LogP contribution in [0.2, 0.25) is 0 Å². The van der Waals surface area contributed by atoms with E-state index in [1.807, 2.05) is 25.3 Å². The van der Waals surface area contributed by atoms with Gasteiger partial charge < -0.3 is 10.2 Å². The van der Waals surface area contributed by atoms with Crippen LogP contribution in [0.3, 0.4) is 0 Å². The van der Waals surface area contributed by atoms with Crippen LogP contribution in [0.15, 0.2) is 61.1 Å². The van der Waals surface area contributed by atoms with Crippen molar-refractivity contribution in [2.45, 2.75) is 32.1 Å². The highest BCUT2D eigenvalue weighted by Crippen LogP contribution is 2.27. The Labute approximate surface area is 166 Å². The molecule has 5 heteroatoms. The van der Waals surface area contributed by atoms with E-state index in [0.29, 0.717) is 5.92 Å². The lowest BCUT2D eigenvalue weighted by molar-refractivity contribution is 0.213. The van der Waals surface area contributed by atoms with Crippen LogP contribution in [-0.4, -0.2) is 39.5 Å². The summed E-state index contributed by atoms with van der Waals surface area (Å²) in [5.41, 5.74) is 3.60. The van der Waals surface area contributed by atoms with Gasteiger partial charge in [0, 0.05) is 24.9 Å². The molecule has 0 radical (unpaired) electrons. The molecule has 144 valence electrons. The van der Waals surface area contributed by atoms with Gasteiger partial charge in [-0.25, -0.2) is 9.97 Å². The van der Waals surface area contributed by atoms with Crippen molar-refractivity contribution in [3.05, 3.63) is 77.9 Å². The molecule has 0 atom stereocenters. The first-order chi connectivity index (χ1) is 13.8. The van der Waals surface area contributed by atoms with E-state index in [0.717, 1.165) is 61.8 Å². The molecule has 0 saturated carbocycles. The van der Waals surface area contributed by atoms with E-state index in [9.17, 15) is 0 Å². The predicted molar refractivity (Wildman–Crippen MR) is 113 cm³/mol. The van der Waals surface area contributed by atoms with Crippen molar-refractivity contribution < 1.29 is 0 Å². The van der Waals surface area contributed by atoms with Gasteiger partial charge in [-0.15, -0.1) is 0 Å². The van der Waals surface area contributed by atoms with Crippen LogP contribution in [0, 0.1) is 6.92 Å². The van der Waals surface area contributed by atoms with E-state index in [1.54, 1.807) is 12.4 Å². The molecule has 0 bridgehead atoms. The molecule has 1 aromatic carbocycles. The molecule has 3 heterocycles. The number of anilines is 2. The number of pyridine rings is 1. The molecule has 1 aliphatic heterocycles. The van der Waals surface area contributed by atoms with Crippen molar-refractivity contribution in [1.29, 1.82) is 0 Å². The fourth-order valence-corrected chi connectivity index (χ4v) is 3.76. The van der Waals surface area contributed by atoms with Crippen molar-refractivity contribution in [3.63, 3.8) is 0 Å². The number of aryl methyl sites for hydroxylation is 1. The van der Waals surface area contributed by atoms with Gasteiger partial charge >= 0.3 is 0 Å². The number of hydrogen-bond donors (Lipinski definition) is 1. The normalized spacial score (nSPS) is 15.5. The maximum atomic E-state index is 4.82. The summed E-state index contributed by atoms with van der Waals surface area (Å²) >= 11 is 0. The lowest BCUT2D eigenvalue weighted by atomic mass is 9.93. The van der Waals surface area contributed by atoms with Gasteiger partial charge in [0.2, 0.25) is 0 Å². The maximum absolute atomic E-state index is 4.82. The molecule has 1 fully saturated rings. The minimum Gasteiger partial charge on any atom is -0.323 e. The highest BCUT2D eigenvalue weighted by Gasteiger charge is 2.22. The van der Waals surface area contributed by atoms with Gasteiger partial charge in [-0.3, -0.25) is 4.98 Å². The van der Waals surface area contributed by atoms with Crippen LogP contribution in [0.4, 0.5) is 11.6 Å². The summed E-state index contributed by atoms with van der Waals surface area (Å²) < 4.78 is 0. The first-order valence-corrected chi connectivity index (χ1v) is 10.0. The first kappa shape index (κ1) is 18.6. The monoisotopic (exact) mass is 373 g/mol. The Morgan fingerprint density at radius 1 is 1.04 bits per heavy atom. The molecule has 3 aromatic rings. The third kappa shape index (κ3) is 4.73. The highest BCUT2D eigenvalue weighted by atomic mass is 15.1. The number of hydrogen-bond acceptors (Lipinski definition) is 5. The van der Waals surface area contributed by atoms with Gasteiger partial charge in [0.05, 0.1) is 11.9 Å². The van der Waals surface area contributed by atoms with Crippen molar-refractivity contribution in [3.8, 4) is 0 Å². The minimum atomic E-state index is 0.479. The Bertz CT molecular complexity index is 888. The van der Waals surface area contributed by atoms with Crippen LogP contribution >= 0.6 is 0 Å². The van der Waals surface area contributed by atoms with Crippen LogP contribution in [0.5, 0.6) is 0 Å². The Morgan fingerprint density at radius 3 is 2.64 bits per heavy atom. The highest BCUT2D eigenvalue weighted by molar-refractivity contribution is 5.54. The molecule has 1 N–H and O–H groups in total. The van der Waals surface area contributed by atoms with Crippen molar-refractivity contribution >= 4 is 11.6 Å². The molecule has 0 unspecified atom stereocenters. The molecule has 2 aromatic heterocycles. The van der Waals surface area contributed by atoms with Crippen molar-refractivity contribution in [2.24, 2.45) is 0 Å². The molecule has 0 spiro atoms. The van der Waals surface area contributed by atoms with E-state index in [-0.39, 0.29) is 0 Å². The fraction of sp³-hybridized carbons (Fsp3) is 0.348. The lowest BCUT2D eigenvalue weighted by Crippen LogP contribution is -2.34. The quantitative estimate of drug-likeness (QED) is 0.696. The Morgan fingerprint density at radius 2 is 1.86 bits per heavy atom. The second-order valence-corrected chi connectivity index (χ2v) is 7.47. The Hall–Kier alpha value is -2.79. The Kier molecular flexibility index (Phi) is 5.92. The van der Waals surface area contributed by atoms with E-state index in [2.05, 4.69) is 50.5 Å². The van der Waals surface area contributed by atoms with Crippen LogP contribution in [0.1, 0.15) is 35.6 Å². The molecular formula is C23H27N5. The fourth-order valence-electron chi connectivity index (χ4n) is 3.76. The van der Waals surface area contributed by atoms with Gasteiger partial charge in [0.1, 0.15) is 11.6 Å². The molecule has 28 heavy (non-hydrogen) atoms. The van der Waals surface area contributed by atoms with Gasteiger partial charge in [-0.1, -0.05) is 36.4 Å². The van der Waals surface area contributed by atoms with Crippen LogP contribution in [0.25, 0.3) is 0 Å². The largest absolute Gasteiger partial charge is 0.323 e. The van der Waals surface area contributed by atoms with E-state index >= 15 is 0 Å². The number of nitrogens with zero attached hydrogens (tertiary/aromatic N) is 4. The molecular weight excluding hydrogens is 346 g/mol. The standard InChI is InChI=1S/C23H27N5/c1-18-6-5-12-25-23(18)27-22-17-24-16-21(26-22)20-10-14-28(15-11-20)13-9-19-7-3-2-4-8-19/h2-8,12,16-17,20H,9-11,13-15H2,1H3,(H,25,26,27). The Balaban J connectivity index is 1.32. The van der Waals surface area contributed by atoms with E-state index in [1.165, 1.54) is 5.56 Å². The van der Waals surface area contributed by atoms with Crippen LogP contribution in [-0.2, 0) is 6.42 Å². The lowest BCUT2D eigenvalue weighted by Gasteiger charge is -2.31. The number of benzene rings is 1. The number of aromatic nitrogens is 3. The second-order valence-electron chi connectivity index (χ2n) is 7.47. The smallest absolute Gasteiger partial charge is 0.150 e. The topological polar surface area (TPSA) is 53.9 Å². The maximum Gasteiger partial charge on any atom is 0.150 e. The third-order valence-electron chi connectivity index (χ3n) is 5.47. The zero-order valence-electron chi connectivity index (χ0n) is 16.4. The molecule has 1 aliphatic rings. The van der Waals surface area contributed by atoms with E-state index < -0.39 is 0 Å². The molecule has 4 rings (SSSR count). The minimum absolute atomic E-state index is 0.479. The van der Waals surface area contributed by atoms with Gasteiger partial charge in [-0.05, 0) is 56.5 Å². The zero-order chi connectivity index (χ0) is 19.2. The summed E-state index contributed by atoms with van der Waals surface area (Å²) in [5, 5.41) is 3.30. The summed E-state index contributed by atoms with van der Waals surface area (Å²) in [6.45, 7) is 5.41. The first-order valence-electron chi connectivity index (χ1n) is 10.0. The third-order valence-corrected chi connectivity index (χ3v) is 5.47. The van der Waals surface area contributed by atoms with Crippen molar-refractivity contribution in [2.75, 3.05) is 25.0 Å². The molecule has 5 nitrogen and oxygen atoms in total. The number of rotatable bonds is 6. The second kappa shape index (κ2) is 8.93. The molecule has 1 saturated heterocycles. The number of piperidine rings is 1. The SMILES string of the molecule is Cc1cccnc1Nc1cncc(C2CCN(CCc3ccccc3)CC2)n1. The predicted octanol–water partition coefficient (Wildman–Crippen LogP) is 4.35. The molecule has 0 aliphatic carbocycles. The van der Waals surface area contributed by atoms with Crippen LogP contribution < -0.4 is 5.32 Å². The summed E-state index contributed by atoms with van der Waals surface area (Å²) in [6, 6.07) is 14.7. The average molecular weight is 374 g/mol. The molecule has 0 amide bonds. The van der Waals surface area contributed by atoms with Gasteiger partial charge in [0.15, 0.2) is 0 Å². The summed E-state index contributed by atoms with van der Waals surface area (Å²) in [4.78, 5) is 16.2. The van der Waals surface area contributed by atoms with Gasteiger partial charge in [0.25, 0.3) is 0 Å². The average Bonchev–Trinajstić information content (AvgIpc) is 2.75. The number of nitrogens with one attached hydrogen (secondary N) is 1. The van der Waals surface area contributed by atoms with E-state index in [4.69, 9.17) is 4.98 Å². The summed E-state index contributed by atoms with van der Waals surface area (Å²) in [7, 11) is 0.